The third-order valence-electron chi connectivity index (χ3n) is 4.77. The smallest absolute Gasteiger partial charge is 0.326 e. The molecule has 0 saturated carbocycles. The standard InChI is InChI=1S/C21H19ClN2O4/c1-12(14-6-8-15(22)9-7-14)19(25)23-18-5-3-4-17-16(18)10-11-24(20(17)26)13(2)21(27)28/h3-13H,1-2H3,(H,23,25)(H,27,28)/t12-,13?/m0/s1. The van der Waals surface area contributed by atoms with E-state index in [0.717, 1.165) is 10.1 Å². The molecule has 1 heterocycles. The summed E-state index contributed by atoms with van der Waals surface area (Å²) in [6.45, 7) is 3.22. The molecule has 1 unspecified atom stereocenters. The third-order valence-corrected chi connectivity index (χ3v) is 5.02. The zero-order valence-electron chi connectivity index (χ0n) is 15.3. The molecule has 144 valence electrons. The Morgan fingerprint density at radius 3 is 2.36 bits per heavy atom. The summed E-state index contributed by atoms with van der Waals surface area (Å²) in [5.41, 5.74) is 0.893. The van der Waals surface area contributed by atoms with Gasteiger partial charge in [0.25, 0.3) is 5.56 Å². The minimum absolute atomic E-state index is 0.224. The summed E-state index contributed by atoms with van der Waals surface area (Å²) in [4.78, 5) is 36.6. The summed E-state index contributed by atoms with van der Waals surface area (Å²) in [5, 5.41) is 13.5. The number of aliphatic carboxylic acids is 1. The fourth-order valence-corrected chi connectivity index (χ4v) is 3.10. The summed E-state index contributed by atoms with van der Waals surface area (Å²) in [5.74, 6) is -1.74. The molecule has 1 aromatic heterocycles. The summed E-state index contributed by atoms with van der Waals surface area (Å²) in [6.07, 6.45) is 1.43. The van der Waals surface area contributed by atoms with Crippen LogP contribution in [0, 0.1) is 0 Å². The van der Waals surface area contributed by atoms with Crippen molar-refractivity contribution in [3.05, 3.63) is 75.7 Å². The highest BCUT2D eigenvalue weighted by molar-refractivity contribution is 6.30. The number of benzene rings is 2. The Bertz CT molecular complexity index is 1110. The number of anilines is 1. The minimum Gasteiger partial charge on any atom is -0.480 e. The summed E-state index contributed by atoms with van der Waals surface area (Å²) in [6, 6.07) is 12.7. The van der Waals surface area contributed by atoms with Gasteiger partial charge in [-0.3, -0.25) is 9.59 Å². The number of hydrogen-bond donors (Lipinski definition) is 2. The second-order valence-electron chi connectivity index (χ2n) is 6.57. The molecule has 0 radical (unpaired) electrons. The molecule has 2 aromatic carbocycles. The predicted octanol–water partition coefficient (Wildman–Crippen LogP) is 4.04. The number of fused-ring (bicyclic) bond motifs is 1. The highest BCUT2D eigenvalue weighted by atomic mass is 35.5. The Morgan fingerprint density at radius 1 is 1.04 bits per heavy atom. The van der Waals surface area contributed by atoms with Crippen molar-refractivity contribution in [2.75, 3.05) is 5.32 Å². The van der Waals surface area contributed by atoms with Crippen LogP contribution in [0.25, 0.3) is 10.8 Å². The average molecular weight is 399 g/mol. The largest absolute Gasteiger partial charge is 0.480 e. The number of halogens is 1. The van der Waals surface area contributed by atoms with Crippen LogP contribution < -0.4 is 10.9 Å². The van der Waals surface area contributed by atoms with E-state index in [1.165, 1.54) is 13.1 Å². The van der Waals surface area contributed by atoms with Crippen molar-refractivity contribution < 1.29 is 14.7 Å². The van der Waals surface area contributed by atoms with Crippen LogP contribution in [0.3, 0.4) is 0 Å². The van der Waals surface area contributed by atoms with Gasteiger partial charge in [-0.15, -0.1) is 0 Å². The van der Waals surface area contributed by atoms with Crippen LogP contribution in [0.4, 0.5) is 5.69 Å². The van der Waals surface area contributed by atoms with E-state index in [9.17, 15) is 14.4 Å². The monoisotopic (exact) mass is 398 g/mol. The van der Waals surface area contributed by atoms with Crippen LogP contribution in [0.1, 0.15) is 31.4 Å². The van der Waals surface area contributed by atoms with Gasteiger partial charge in [-0.1, -0.05) is 29.8 Å². The van der Waals surface area contributed by atoms with Crippen molar-refractivity contribution in [3.63, 3.8) is 0 Å². The van der Waals surface area contributed by atoms with Crippen molar-refractivity contribution >= 4 is 39.9 Å². The number of pyridine rings is 1. The lowest BCUT2D eigenvalue weighted by Gasteiger charge is -2.16. The van der Waals surface area contributed by atoms with Gasteiger partial charge in [0.15, 0.2) is 0 Å². The fourth-order valence-electron chi connectivity index (χ4n) is 2.97. The quantitative estimate of drug-likeness (QED) is 0.678. The van der Waals surface area contributed by atoms with Crippen molar-refractivity contribution in [1.29, 1.82) is 0 Å². The zero-order valence-corrected chi connectivity index (χ0v) is 16.1. The van der Waals surface area contributed by atoms with Gasteiger partial charge in [0.05, 0.1) is 5.92 Å². The van der Waals surface area contributed by atoms with E-state index in [0.29, 0.717) is 21.5 Å². The minimum atomic E-state index is -1.09. The number of nitrogens with zero attached hydrogens (tertiary/aromatic N) is 1. The molecule has 3 aromatic rings. The first-order valence-electron chi connectivity index (χ1n) is 8.72. The molecule has 0 aliphatic rings. The van der Waals surface area contributed by atoms with Gasteiger partial charge in [0.2, 0.25) is 5.91 Å². The number of aromatic nitrogens is 1. The van der Waals surface area contributed by atoms with E-state index in [1.54, 1.807) is 55.5 Å². The Labute approximate surface area is 166 Å². The van der Waals surface area contributed by atoms with Crippen molar-refractivity contribution in [1.82, 2.24) is 4.57 Å². The van der Waals surface area contributed by atoms with Crippen LogP contribution in [0.15, 0.2) is 59.5 Å². The van der Waals surface area contributed by atoms with Crippen molar-refractivity contribution in [3.8, 4) is 0 Å². The van der Waals surface area contributed by atoms with Gasteiger partial charge < -0.3 is 15.0 Å². The first-order chi connectivity index (χ1) is 13.3. The lowest BCUT2D eigenvalue weighted by molar-refractivity contribution is -0.140. The number of carboxylic acids is 1. The topological polar surface area (TPSA) is 88.4 Å². The van der Waals surface area contributed by atoms with Crippen molar-refractivity contribution in [2.24, 2.45) is 0 Å². The molecule has 0 saturated heterocycles. The molecule has 6 nitrogen and oxygen atoms in total. The van der Waals surface area contributed by atoms with E-state index in [-0.39, 0.29) is 5.91 Å². The molecule has 2 atom stereocenters. The normalized spacial score (nSPS) is 13.1. The number of amides is 1. The van der Waals surface area contributed by atoms with E-state index >= 15 is 0 Å². The highest BCUT2D eigenvalue weighted by Gasteiger charge is 2.19. The molecule has 28 heavy (non-hydrogen) atoms. The first-order valence-corrected chi connectivity index (χ1v) is 9.10. The number of rotatable bonds is 5. The van der Waals surface area contributed by atoms with E-state index in [4.69, 9.17) is 16.7 Å². The Kier molecular flexibility index (Phi) is 5.51. The molecule has 0 fully saturated rings. The first kappa shape index (κ1) is 19.6. The van der Waals surface area contributed by atoms with Crippen LogP contribution in [-0.4, -0.2) is 21.6 Å². The summed E-state index contributed by atoms with van der Waals surface area (Å²) < 4.78 is 1.16. The van der Waals surface area contributed by atoms with Gasteiger partial charge in [0, 0.05) is 27.7 Å². The van der Waals surface area contributed by atoms with Crippen LogP contribution in [0.5, 0.6) is 0 Å². The van der Waals surface area contributed by atoms with Crippen molar-refractivity contribution in [2.45, 2.75) is 25.8 Å². The van der Waals surface area contributed by atoms with Crippen LogP contribution in [0.2, 0.25) is 5.02 Å². The number of carboxylic acid groups (broad SMARTS) is 1. The molecule has 0 spiro atoms. The number of nitrogens with one attached hydrogen (secondary N) is 1. The zero-order chi connectivity index (χ0) is 20.4. The van der Waals surface area contributed by atoms with Gasteiger partial charge >= 0.3 is 5.97 Å². The second-order valence-corrected chi connectivity index (χ2v) is 7.01. The average Bonchev–Trinajstić information content (AvgIpc) is 2.68. The van der Waals surface area contributed by atoms with E-state index in [1.807, 2.05) is 0 Å². The molecular weight excluding hydrogens is 380 g/mol. The molecule has 0 aliphatic heterocycles. The molecule has 1 amide bonds. The number of hydrogen-bond acceptors (Lipinski definition) is 3. The van der Waals surface area contributed by atoms with E-state index in [2.05, 4.69) is 5.32 Å². The van der Waals surface area contributed by atoms with Gasteiger partial charge in [-0.05, 0) is 49.7 Å². The Balaban J connectivity index is 1.94. The number of carbonyl (C=O) groups is 2. The molecule has 0 aliphatic carbocycles. The molecule has 2 N–H and O–H groups in total. The maximum absolute atomic E-state index is 12.7. The van der Waals surface area contributed by atoms with E-state index < -0.39 is 23.5 Å². The Hall–Kier alpha value is -3.12. The molecule has 3 rings (SSSR count). The van der Waals surface area contributed by atoms with Gasteiger partial charge in [0.1, 0.15) is 6.04 Å². The molecule has 0 bridgehead atoms. The molecule has 7 heteroatoms. The molecular formula is C21H19ClN2O4. The lowest BCUT2D eigenvalue weighted by Crippen LogP contribution is -2.27. The Morgan fingerprint density at radius 2 is 1.71 bits per heavy atom. The number of carbonyl (C=O) groups excluding carboxylic acids is 1. The maximum Gasteiger partial charge on any atom is 0.326 e. The summed E-state index contributed by atoms with van der Waals surface area (Å²) in [7, 11) is 0. The van der Waals surface area contributed by atoms with Crippen LogP contribution >= 0.6 is 11.6 Å². The third kappa shape index (κ3) is 3.77. The maximum atomic E-state index is 12.7. The van der Waals surface area contributed by atoms with Gasteiger partial charge in [-0.2, -0.15) is 0 Å². The predicted molar refractivity (Wildman–Crippen MR) is 109 cm³/mol. The van der Waals surface area contributed by atoms with Gasteiger partial charge in [-0.25, -0.2) is 4.79 Å². The lowest BCUT2D eigenvalue weighted by atomic mass is 10.00. The SMILES string of the molecule is CC(C(=O)O)n1ccc2c(NC(=O)[C@@H](C)c3ccc(Cl)cc3)cccc2c1=O. The second kappa shape index (κ2) is 7.86. The fraction of sp³-hybridized carbons (Fsp3) is 0.190. The summed E-state index contributed by atoms with van der Waals surface area (Å²) >= 11 is 5.89. The van der Waals surface area contributed by atoms with Crippen LogP contribution in [-0.2, 0) is 9.59 Å². The highest BCUT2D eigenvalue weighted by Crippen LogP contribution is 2.24.